The number of rotatable bonds is 6. The minimum absolute atomic E-state index is 0.278. The fraction of sp³-hybridized carbons (Fsp3) is 0.286. The van der Waals surface area contributed by atoms with Crippen molar-refractivity contribution in [1.29, 1.82) is 0 Å². The molecule has 0 radical (unpaired) electrons. The Morgan fingerprint density at radius 1 is 0.914 bits per heavy atom. The molecular formula is C28H28N4O3. The number of benzene rings is 3. The number of para-hydroxylation sites is 2. The minimum Gasteiger partial charge on any atom is -0.390 e. The third-order valence-electron chi connectivity index (χ3n) is 7.46. The van der Waals surface area contributed by atoms with Crippen LogP contribution in [0.1, 0.15) is 34.6 Å². The summed E-state index contributed by atoms with van der Waals surface area (Å²) in [5, 5.41) is 14.5. The number of hydrogen-bond donors (Lipinski definition) is 2. The lowest BCUT2D eigenvalue weighted by atomic mass is 9.97. The topological polar surface area (TPSA) is 81.6 Å². The predicted molar refractivity (Wildman–Crippen MR) is 139 cm³/mol. The number of nitrogens with one attached hydrogen (secondary N) is 1. The zero-order valence-electron chi connectivity index (χ0n) is 20.1. The first-order chi connectivity index (χ1) is 17.0. The summed E-state index contributed by atoms with van der Waals surface area (Å²) in [7, 11) is 1.55. The van der Waals surface area contributed by atoms with Crippen LogP contribution in [0.3, 0.4) is 0 Å². The van der Waals surface area contributed by atoms with Crippen molar-refractivity contribution in [3.05, 3.63) is 59.7 Å². The fourth-order valence-electron chi connectivity index (χ4n) is 5.74. The van der Waals surface area contributed by atoms with Gasteiger partial charge < -0.3 is 19.6 Å². The smallest absolute Gasteiger partial charge is 0.262 e. The number of aliphatic hydroxyl groups is 1. The summed E-state index contributed by atoms with van der Waals surface area (Å²) < 4.78 is 2.12. The summed E-state index contributed by atoms with van der Waals surface area (Å²) >= 11 is 0. The van der Waals surface area contributed by atoms with Crippen LogP contribution in [0.5, 0.6) is 0 Å². The summed E-state index contributed by atoms with van der Waals surface area (Å²) in [6.07, 6.45) is -0.596. The number of carbonyl (C=O) groups is 2. The van der Waals surface area contributed by atoms with E-state index in [1.54, 1.807) is 7.05 Å². The highest BCUT2D eigenvalue weighted by molar-refractivity contribution is 6.39. The molecule has 35 heavy (non-hydrogen) atoms. The number of likely N-dealkylation sites (N-methyl/N-ethyl adjacent to an activating group) is 1. The molecule has 2 amide bonds. The Bertz CT molecular complexity index is 1660. The van der Waals surface area contributed by atoms with E-state index >= 15 is 0 Å². The molecule has 7 nitrogen and oxygen atoms in total. The van der Waals surface area contributed by atoms with Crippen LogP contribution in [0.4, 0.5) is 0 Å². The highest BCUT2D eigenvalue weighted by atomic mass is 16.3. The van der Waals surface area contributed by atoms with Crippen molar-refractivity contribution in [3.63, 3.8) is 0 Å². The van der Waals surface area contributed by atoms with Gasteiger partial charge in [-0.15, -0.1) is 0 Å². The van der Waals surface area contributed by atoms with Crippen LogP contribution in [0, 0.1) is 0 Å². The highest BCUT2D eigenvalue weighted by Gasteiger charge is 2.39. The quantitative estimate of drug-likeness (QED) is 0.363. The molecule has 1 unspecified atom stereocenters. The summed E-state index contributed by atoms with van der Waals surface area (Å²) in [5.41, 5.74) is 4.44. The molecule has 0 saturated heterocycles. The zero-order valence-corrected chi connectivity index (χ0v) is 20.1. The number of aromatic nitrogens is 2. The van der Waals surface area contributed by atoms with Gasteiger partial charge in [0.05, 0.1) is 34.8 Å². The molecule has 0 fully saturated rings. The molecule has 2 N–H and O–H groups in total. The van der Waals surface area contributed by atoms with Gasteiger partial charge in [-0.05, 0) is 25.2 Å². The summed E-state index contributed by atoms with van der Waals surface area (Å²) in [6.45, 7) is 6.84. The van der Waals surface area contributed by atoms with Crippen LogP contribution in [-0.4, -0.2) is 69.1 Å². The molecule has 1 aliphatic rings. The van der Waals surface area contributed by atoms with Gasteiger partial charge in [0.25, 0.3) is 11.8 Å². The molecule has 0 aliphatic carbocycles. The van der Waals surface area contributed by atoms with Gasteiger partial charge in [0.15, 0.2) is 0 Å². The van der Waals surface area contributed by atoms with Crippen molar-refractivity contribution in [2.24, 2.45) is 0 Å². The number of nitrogens with zero attached hydrogens (tertiary/aromatic N) is 3. The SMILES string of the molecule is CCN(CC)CC(O)Cn1c2ccccc2c2c3c(c4c5ccccc5[nH]c4c21)C(=O)N(C)C3=O. The molecule has 3 heterocycles. The lowest BCUT2D eigenvalue weighted by Crippen LogP contribution is -2.34. The molecule has 0 saturated carbocycles. The average Bonchev–Trinajstić information content (AvgIpc) is 3.48. The Morgan fingerprint density at radius 2 is 1.54 bits per heavy atom. The van der Waals surface area contributed by atoms with Gasteiger partial charge in [0.1, 0.15) is 0 Å². The second kappa shape index (κ2) is 7.93. The summed E-state index contributed by atoms with van der Waals surface area (Å²) in [4.78, 5) is 33.8. The molecular weight excluding hydrogens is 440 g/mol. The van der Waals surface area contributed by atoms with Gasteiger partial charge in [0.2, 0.25) is 0 Å². The van der Waals surface area contributed by atoms with E-state index < -0.39 is 6.10 Å². The first kappa shape index (κ1) is 21.8. The number of hydrogen-bond acceptors (Lipinski definition) is 4. The molecule has 1 atom stereocenters. The molecule has 1 aliphatic heterocycles. The van der Waals surface area contributed by atoms with Crippen LogP contribution in [0.15, 0.2) is 48.5 Å². The number of fused-ring (bicyclic) bond motifs is 10. The Balaban J connectivity index is 1.75. The molecule has 3 aromatic carbocycles. The van der Waals surface area contributed by atoms with E-state index in [-0.39, 0.29) is 11.8 Å². The Hall–Kier alpha value is -3.68. The van der Waals surface area contributed by atoms with Crippen molar-refractivity contribution in [2.75, 3.05) is 26.7 Å². The van der Waals surface area contributed by atoms with Crippen molar-refractivity contribution < 1.29 is 14.7 Å². The molecule has 6 rings (SSSR count). The largest absolute Gasteiger partial charge is 0.390 e. The van der Waals surface area contributed by atoms with Gasteiger partial charge in [-0.1, -0.05) is 50.2 Å². The standard InChI is InChI=1S/C28H28N4O3/c1-4-31(5-2)14-16(33)15-32-20-13-9-7-11-18(20)22-24-23(27(34)30(3)28(24)35)21-17-10-6-8-12-19(17)29-25(21)26(22)32/h6-13,16,29,33H,4-5,14-15H2,1-3H3. The van der Waals surface area contributed by atoms with Crippen molar-refractivity contribution in [1.82, 2.24) is 19.4 Å². The first-order valence-electron chi connectivity index (χ1n) is 12.2. The molecule has 178 valence electrons. The van der Waals surface area contributed by atoms with Crippen molar-refractivity contribution >= 4 is 55.4 Å². The number of amides is 2. The maximum atomic E-state index is 13.5. The molecule has 7 heteroatoms. The molecule has 2 aromatic heterocycles. The van der Waals surface area contributed by atoms with Crippen LogP contribution in [0.2, 0.25) is 0 Å². The van der Waals surface area contributed by atoms with Crippen LogP contribution < -0.4 is 0 Å². The normalized spacial score (nSPS) is 14.9. The van der Waals surface area contributed by atoms with Crippen LogP contribution in [-0.2, 0) is 6.54 Å². The van der Waals surface area contributed by atoms with E-state index in [9.17, 15) is 14.7 Å². The van der Waals surface area contributed by atoms with Gasteiger partial charge in [-0.2, -0.15) is 0 Å². The van der Waals surface area contributed by atoms with Gasteiger partial charge in [0, 0.05) is 46.2 Å². The minimum atomic E-state index is -0.596. The van der Waals surface area contributed by atoms with Gasteiger partial charge in [-0.25, -0.2) is 0 Å². The van der Waals surface area contributed by atoms with E-state index in [1.807, 2.05) is 48.5 Å². The fourth-order valence-corrected chi connectivity index (χ4v) is 5.74. The monoisotopic (exact) mass is 468 g/mol. The van der Waals surface area contributed by atoms with E-state index in [0.29, 0.717) is 24.2 Å². The first-order valence-corrected chi connectivity index (χ1v) is 12.2. The maximum absolute atomic E-state index is 13.5. The van der Waals surface area contributed by atoms with Crippen molar-refractivity contribution in [2.45, 2.75) is 26.5 Å². The van der Waals surface area contributed by atoms with E-state index in [0.717, 1.165) is 56.7 Å². The molecule has 0 spiro atoms. The predicted octanol–water partition coefficient (Wildman–Crippen LogP) is 4.36. The highest BCUT2D eigenvalue weighted by Crippen LogP contribution is 2.44. The summed E-state index contributed by atoms with van der Waals surface area (Å²) in [5.74, 6) is -0.561. The third-order valence-corrected chi connectivity index (χ3v) is 7.46. The van der Waals surface area contributed by atoms with Gasteiger partial charge in [-0.3, -0.25) is 14.5 Å². The average molecular weight is 469 g/mol. The van der Waals surface area contributed by atoms with E-state index in [4.69, 9.17) is 0 Å². The second-order valence-electron chi connectivity index (χ2n) is 9.33. The lowest BCUT2D eigenvalue weighted by molar-refractivity contribution is 0.0694. The zero-order chi connectivity index (χ0) is 24.4. The van der Waals surface area contributed by atoms with Crippen LogP contribution >= 0.6 is 0 Å². The Labute approximate surface area is 202 Å². The number of aromatic amines is 1. The summed E-state index contributed by atoms with van der Waals surface area (Å²) in [6, 6.07) is 15.8. The Morgan fingerprint density at radius 3 is 2.26 bits per heavy atom. The van der Waals surface area contributed by atoms with Crippen LogP contribution in [0.25, 0.3) is 43.6 Å². The third kappa shape index (κ3) is 2.98. The number of H-pyrrole nitrogens is 1. The molecule has 0 bridgehead atoms. The number of imide groups is 1. The maximum Gasteiger partial charge on any atom is 0.262 e. The lowest BCUT2D eigenvalue weighted by Gasteiger charge is -2.23. The van der Waals surface area contributed by atoms with Gasteiger partial charge >= 0.3 is 0 Å². The molecule has 5 aromatic rings. The number of carbonyl (C=O) groups excluding carboxylic acids is 2. The Kier molecular flexibility index (Phi) is 4.95. The second-order valence-corrected chi connectivity index (χ2v) is 9.33. The van der Waals surface area contributed by atoms with E-state index in [1.165, 1.54) is 4.90 Å². The van der Waals surface area contributed by atoms with Crippen molar-refractivity contribution in [3.8, 4) is 0 Å². The number of aliphatic hydroxyl groups excluding tert-OH is 1. The van der Waals surface area contributed by atoms with E-state index in [2.05, 4.69) is 28.3 Å².